The molecule has 0 aliphatic carbocycles. The van der Waals surface area contributed by atoms with E-state index in [1.165, 1.54) is 0 Å². The molecular formula is C6H11NO2. The summed E-state index contributed by atoms with van der Waals surface area (Å²) in [5, 5.41) is 0. The minimum Gasteiger partial charge on any atom is -0.360 e. The Bertz CT molecular complexity index is 112. The first-order valence-electron chi connectivity index (χ1n) is 3.04. The fourth-order valence-electron chi connectivity index (χ4n) is 0.878. The zero-order valence-electron chi connectivity index (χ0n) is 5.76. The summed E-state index contributed by atoms with van der Waals surface area (Å²) in [5.74, 6) is 0.227. The van der Waals surface area contributed by atoms with Crippen LogP contribution in [0.1, 0.15) is 6.92 Å². The Morgan fingerprint density at radius 2 is 2.44 bits per heavy atom. The molecule has 0 bridgehead atoms. The normalized spacial score (nSPS) is 28.9. The molecule has 0 spiro atoms. The van der Waals surface area contributed by atoms with Crippen molar-refractivity contribution in [1.29, 1.82) is 0 Å². The Hall–Kier alpha value is -0.570. The molecule has 1 amide bonds. The number of carbonyl (C=O) groups is 1. The molecule has 0 saturated carbocycles. The minimum absolute atomic E-state index is 0.0451. The third-order valence-corrected chi connectivity index (χ3v) is 1.45. The van der Waals surface area contributed by atoms with E-state index in [4.69, 9.17) is 4.74 Å². The molecule has 0 aromatic rings. The summed E-state index contributed by atoms with van der Waals surface area (Å²) in [6.45, 7) is 2.89. The fourth-order valence-corrected chi connectivity index (χ4v) is 0.878. The lowest BCUT2D eigenvalue weighted by Crippen LogP contribution is -2.40. The van der Waals surface area contributed by atoms with Gasteiger partial charge in [-0.05, 0) is 0 Å². The standard InChI is InChI=1S/C6H11NO2/c1-5-3-9-4-7(2)6(5)8/h5H,3-4H2,1-2H3. The molecule has 0 radical (unpaired) electrons. The van der Waals surface area contributed by atoms with Crippen molar-refractivity contribution in [3.8, 4) is 0 Å². The van der Waals surface area contributed by atoms with E-state index >= 15 is 0 Å². The van der Waals surface area contributed by atoms with Crippen molar-refractivity contribution >= 4 is 5.91 Å². The summed E-state index contributed by atoms with van der Waals surface area (Å²) in [5.41, 5.74) is 0. The summed E-state index contributed by atoms with van der Waals surface area (Å²) < 4.78 is 5.07. The van der Waals surface area contributed by atoms with Crippen LogP contribution in [0.3, 0.4) is 0 Å². The summed E-state index contributed by atoms with van der Waals surface area (Å²) in [6, 6.07) is 0. The van der Waals surface area contributed by atoms with E-state index in [1.807, 2.05) is 6.92 Å². The molecule has 1 aliphatic heterocycles. The fraction of sp³-hybridized carbons (Fsp3) is 0.833. The zero-order chi connectivity index (χ0) is 6.85. The molecule has 3 nitrogen and oxygen atoms in total. The molecule has 1 fully saturated rings. The number of hydrogen-bond donors (Lipinski definition) is 0. The van der Waals surface area contributed by atoms with Crippen LogP contribution in [0.5, 0.6) is 0 Å². The van der Waals surface area contributed by atoms with Gasteiger partial charge in [0.25, 0.3) is 0 Å². The van der Waals surface area contributed by atoms with Gasteiger partial charge in [-0.1, -0.05) is 6.92 Å². The second kappa shape index (κ2) is 2.35. The highest BCUT2D eigenvalue weighted by atomic mass is 16.5. The summed E-state index contributed by atoms with van der Waals surface area (Å²) >= 11 is 0. The van der Waals surface area contributed by atoms with Crippen molar-refractivity contribution in [2.24, 2.45) is 5.92 Å². The van der Waals surface area contributed by atoms with Crippen LogP contribution in [0.4, 0.5) is 0 Å². The third kappa shape index (κ3) is 1.21. The molecule has 9 heavy (non-hydrogen) atoms. The van der Waals surface area contributed by atoms with E-state index in [2.05, 4.69) is 0 Å². The van der Waals surface area contributed by atoms with Crippen molar-refractivity contribution in [2.75, 3.05) is 20.4 Å². The lowest BCUT2D eigenvalue weighted by Gasteiger charge is -2.26. The maximum absolute atomic E-state index is 11.0. The average molecular weight is 129 g/mol. The van der Waals surface area contributed by atoms with Gasteiger partial charge in [0.15, 0.2) is 0 Å². The smallest absolute Gasteiger partial charge is 0.229 e. The number of nitrogens with zero attached hydrogens (tertiary/aromatic N) is 1. The van der Waals surface area contributed by atoms with Gasteiger partial charge < -0.3 is 9.64 Å². The van der Waals surface area contributed by atoms with Crippen molar-refractivity contribution in [3.05, 3.63) is 0 Å². The van der Waals surface area contributed by atoms with Crippen molar-refractivity contribution < 1.29 is 9.53 Å². The van der Waals surface area contributed by atoms with Crippen LogP contribution in [0.15, 0.2) is 0 Å². The summed E-state index contributed by atoms with van der Waals surface area (Å²) in [7, 11) is 1.75. The van der Waals surface area contributed by atoms with Crippen LogP contribution in [0, 0.1) is 5.92 Å². The SMILES string of the molecule is CC1COCN(C)C1=O. The van der Waals surface area contributed by atoms with E-state index < -0.39 is 0 Å². The second-order valence-corrected chi connectivity index (χ2v) is 2.44. The number of ether oxygens (including phenoxy) is 1. The highest BCUT2D eigenvalue weighted by molar-refractivity contribution is 5.78. The van der Waals surface area contributed by atoms with Crippen LogP contribution in [-0.2, 0) is 9.53 Å². The highest BCUT2D eigenvalue weighted by Gasteiger charge is 2.21. The largest absolute Gasteiger partial charge is 0.360 e. The Labute approximate surface area is 54.6 Å². The van der Waals surface area contributed by atoms with Gasteiger partial charge in [0.05, 0.1) is 12.5 Å². The van der Waals surface area contributed by atoms with E-state index in [9.17, 15) is 4.79 Å². The van der Waals surface area contributed by atoms with E-state index in [0.717, 1.165) is 0 Å². The zero-order valence-corrected chi connectivity index (χ0v) is 5.76. The van der Waals surface area contributed by atoms with Gasteiger partial charge >= 0.3 is 0 Å². The molecule has 1 rings (SSSR count). The molecule has 1 saturated heterocycles. The van der Waals surface area contributed by atoms with E-state index in [-0.39, 0.29) is 11.8 Å². The van der Waals surface area contributed by atoms with Gasteiger partial charge in [0, 0.05) is 7.05 Å². The number of carbonyl (C=O) groups excluding carboxylic acids is 1. The van der Waals surface area contributed by atoms with Crippen molar-refractivity contribution in [1.82, 2.24) is 4.90 Å². The van der Waals surface area contributed by atoms with E-state index in [1.54, 1.807) is 11.9 Å². The molecule has 0 aromatic heterocycles. The monoisotopic (exact) mass is 129 g/mol. The third-order valence-electron chi connectivity index (χ3n) is 1.45. The maximum Gasteiger partial charge on any atom is 0.229 e. The average Bonchev–Trinajstić information content (AvgIpc) is 1.83. The predicted molar refractivity (Wildman–Crippen MR) is 32.8 cm³/mol. The first-order chi connectivity index (χ1) is 4.22. The van der Waals surface area contributed by atoms with Gasteiger partial charge in [-0.25, -0.2) is 0 Å². The van der Waals surface area contributed by atoms with Gasteiger partial charge in [0.1, 0.15) is 6.73 Å². The molecule has 1 heterocycles. The topological polar surface area (TPSA) is 29.5 Å². The molecule has 3 heteroatoms. The molecular weight excluding hydrogens is 118 g/mol. The molecule has 1 unspecified atom stereocenters. The Kier molecular flexibility index (Phi) is 1.71. The van der Waals surface area contributed by atoms with Crippen LogP contribution in [-0.4, -0.2) is 31.2 Å². The Morgan fingerprint density at radius 1 is 1.78 bits per heavy atom. The van der Waals surface area contributed by atoms with Gasteiger partial charge in [-0.3, -0.25) is 4.79 Å². The first-order valence-corrected chi connectivity index (χ1v) is 3.04. The van der Waals surface area contributed by atoms with Crippen molar-refractivity contribution in [2.45, 2.75) is 6.92 Å². The number of amides is 1. The number of hydrogen-bond acceptors (Lipinski definition) is 2. The van der Waals surface area contributed by atoms with Crippen LogP contribution in [0.25, 0.3) is 0 Å². The van der Waals surface area contributed by atoms with Crippen LogP contribution >= 0.6 is 0 Å². The Morgan fingerprint density at radius 3 is 2.89 bits per heavy atom. The molecule has 0 aromatic carbocycles. The highest BCUT2D eigenvalue weighted by Crippen LogP contribution is 2.06. The quantitative estimate of drug-likeness (QED) is 0.463. The van der Waals surface area contributed by atoms with Gasteiger partial charge in [-0.2, -0.15) is 0 Å². The van der Waals surface area contributed by atoms with E-state index in [0.29, 0.717) is 13.3 Å². The molecule has 1 atom stereocenters. The van der Waals surface area contributed by atoms with Crippen molar-refractivity contribution in [3.63, 3.8) is 0 Å². The predicted octanol–water partition coefficient (Wildman–Crippen LogP) is 0.0686. The van der Waals surface area contributed by atoms with Gasteiger partial charge in [0.2, 0.25) is 5.91 Å². The number of rotatable bonds is 0. The molecule has 0 N–H and O–H groups in total. The van der Waals surface area contributed by atoms with Crippen LogP contribution < -0.4 is 0 Å². The van der Waals surface area contributed by atoms with Gasteiger partial charge in [-0.15, -0.1) is 0 Å². The lowest BCUT2D eigenvalue weighted by atomic mass is 10.1. The minimum atomic E-state index is 0.0451. The second-order valence-electron chi connectivity index (χ2n) is 2.44. The molecule has 1 aliphatic rings. The Balaban J connectivity index is 2.52. The molecule has 52 valence electrons. The summed E-state index contributed by atoms with van der Waals surface area (Å²) in [4.78, 5) is 12.6. The lowest BCUT2D eigenvalue weighted by molar-refractivity contribution is -0.150. The van der Waals surface area contributed by atoms with Crippen LogP contribution in [0.2, 0.25) is 0 Å². The first kappa shape index (κ1) is 6.55. The summed E-state index contributed by atoms with van der Waals surface area (Å²) in [6.07, 6.45) is 0. The maximum atomic E-state index is 11.0.